The number of aromatic amines is 1. The molecule has 1 aliphatic heterocycles. The number of aliphatic hydroxyl groups excluding tert-OH is 1. The number of benzene rings is 3. The van der Waals surface area contributed by atoms with E-state index in [2.05, 4.69) is 36.6 Å². The van der Waals surface area contributed by atoms with E-state index in [9.17, 15) is 19.5 Å². The van der Waals surface area contributed by atoms with Gasteiger partial charge in [0.2, 0.25) is 5.89 Å². The molecule has 0 bridgehead atoms. The van der Waals surface area contributed by atoms with E-state index in [1.807, 2.05) is 30.3 Å². The zero-order valence-corrected chi connectivity index (χ0v) is 24.7. The van der Waals surface area contributed by atoms with Gasteiger partial charge in [-0.1, -0.05) is 47.6 Å². The summed E-state index contributed by atoms with van der Waals surface area (Å²) >= 11 is 0. The first-order chi connectivity index (χ1) is 22.2. The second-order valence-corrected chi connectivity index (χ2v) is 11.1. The quantitative estimate of drug-likeness (QED) is 0.215. The molecule has 0 spiro atoms. The van der Waals surface area contributed by atoms with Gasteiger partial charge in [0.25, 0.3) is 5.56 Å². The number of carbonyl (C=O) groups excluding carboxylic acids is 1. The van der Waals surface area contributed by atoms with Gasteiger partial charge in [0, 0.05) is 30.9 Å². The van der Waals surface area contributed by atoms with E-state index in [4.69, 9.17) is 10.2 Å². The van der Waals surface area contributed by atoms with Crippen LogP contribution in [0.1, 0.15) is 17.7 Å². The fourth-order valence-corrected chi connectivity index (χ4v) is 5.78. The Kier molecular flexibility index (Phi) is 7.27. The SMILES string of the molecule is Cc1nn(-c2cccc(-c3nnc(N)o3)c2)c2c(=O)n(C(=O)Nc3ccc(-c4ccccc4CN4CCC(O)C4)cc3)c(=O)[nH]c12. The van der Waals surface area contributed by atoms with Crippen LogP contribution in [0.25, 0.3) is 39.3 Å². The Hall–Kier alpha value is -5.86. The lowest BCUT2D eigenvalue weighted by molar-refractivity contribution is 0.175. The predicted octanol–water partition coefficient (Wildman–Crippen LogP) is 3.13. The molecule has 232 valence electrons. The molecule has 1 saturated heterocycles. The van der Waals surface area contributed by atoms with Crippen LogP contribution in [0.4, 0.5) is 16.5 Å². The van der Waals surface area contributed by atoms with Crippen molar-refractivity contribution >= 4 is 28.8 Å². The molecule has 0 saturated carbocycles. The first-order valence-electron chi connectivity index (χ1n) is 14.6. The number of H-pyrrole nitrogens is 1. The summed E-state index contributed by atoms with van der Waals surface area (Å²) in [6.45, 7) is 3.85. The lowest BCUT2D eigenvalue weighted by Crippen LogP contribution is -2.42. The van der Waals surface area contributed by atoms with Gasteiger partial charge in [0.05, 0.1) is 23.0 Å². The summed E-state index contributed by atoms with van der Waals surface area (Å²) in [6, 6.07) is 21.0. The molecule has 1 fully saturated rings. The number of nitrogens with one attached hydrogen (secondary N) is 2. The molecule has 3 aromatic carbocycles. The molecule has 3 aromatic heterocycles. The first-order valence-corrected chi connectivity index (χ1v) is 14.6. The van der Waals surface area contributed by atoms with Crippen molar-refractivity contribution in [2.75, 3.05) is 24.1 Å². The van der Waals surface area contributed by atoms with Gasteiger partial charge >= 0.3 is 17.7 Å². The monoisotopic (exact) mass is 619 g/mol. The van der Waals surface area contributed by atoms with Crippen LogP contribution < -0.4 is 22.3 Å². The highest BCUT2D eigenvalue weighted by Crippen LogP contribution is 2.28. The van der Waals surface area contributed by atoms with Gasteiger partial charge in [-0.25, -0.2) is 14.3 Å². The lowest BCUT2D eigenvalue weighted by atomic mass is 9.99. The maximum atomic E-state index is 13.7. The van der Waals surface area contributed by atoms with Crippen LogP contribution in [0.3, 0.4) is 0 Å². The van der Waals surface area contributed by atoms with Gasteiger partial charge < -0.3 is 25.6 Å². The largest absolute Gasteiger partial charge is 0.404 e. The Balaban J connectivity index is 1.17. The molecule has 0 aliphatic carbocycles. The van der Waals surface area contributed by atoms with Crippen molar-refractivity contribution < 1.29 is 14.3 Å². The van der Waals surface area contributed by atoms with Crippen molar-refractivity contribution in [1.82, 2.24) is 34.4 Å². The summed E-state index contributed by atoms with van der Waals surface area (Å²) in [5, 5.41) is 24.6. The number of aromatic nitrogens is 6. The van der Waals surface area contributed by atoms with Gasteiger partial charge in [-0.15, -0.1) is 5.10 Å². The molecular formula is C32H29N9O5. The van der Waals surface area contributed by atoms with Crippen molar-refractivity contribution in [3.05, 3.63) is 105 Å². The maximum Gasteiger partial charge on any atom is 0.337 e. The fourth-order valence-electron chi connectivity index (χ4n) is 5.78. The van der Waals surface area contributed by atoms with Crippen molar-refractivity contribution in [1.29, 1.82) is 0 Å². The Morgan fingerprint density at radius 2 is 1.87 bits per heavy atom. The third kappa shape index (κ3) is 5.35. The van der Waals surface area contributed by atoms with Gasteiger partial charge in [-0.2, -0.15) is 9.67 Å². The van der Waals surface area contributed by atoms with E-state index >= 15 is 0 Å². The lowest BCUT2D eigenvalue weighted by Gasteiger charge is -2.18. The van der Waals surface area contributed by atoms with Gasteiger partial charge in [0.1, 0.15) is 0 Å². The number of hydrogen-bond donors (Lipinski definition) is 4. The molecule has 0 radical (unpaired) electrons. The summed E-state index contributed by atoms with van der Waals surface area (Å²) < 4.78 is 7.18. The van der Waals surface area contributed by atoms with Crippen molar-refractivity contribution in [2.45, 2.75) is 26.0 Å². The third-order valence-corrected chi connectivity index (χ3v) is 7.99. The van der Waals surface area contributed by atoms with Crippen LogP contribution >= 0.6 is 0 Å². The summed E-state index contributed by atoms with van der Waals surface area (Å²) in [4.78, 5) is 45.0. The predicted molar refractivity (Wildman–Crippen MR) is 171 cm³/mol. The number of anilines is 2. The van der Waals surface area contributed by atoms with E-state index in [1.54, 1.807) is 43.3 Å². The number of aryl methyl sites for hydroxylation is 1. The average Bonchev–Trinajstić information content (AvgIpc) is 3.76. The Morgan fingerprint density at radius 1 is 1.07 bits per heavy atom. The van der Waals surface area contributed by atoms with Crippen molar-refractivity contribution in [3.63, 3.8) is 0 Å². The molecule has 1 unspecified atom stereocenters. The average molecular weight is 620 g/mol. The smallest absolute Gasteiger partial charge is 0.337 e. The number of carbonyl (C=O) groups is 1. The number of β-amino-alcohol motifs (C(OH)–C–C–N with tert-alkyl or cyclic N) is 1. The number of fused-ring (bicyclic) bond motifs is 1. The molecule has 14 nitrogen and oxygen atoms in total. The zero-order chi connectivity index (χ0) is 31.9. The minimum Gasteiger partial charge on any atom is -0.404 e. The van der Waals surface area contributed by atoms with E-state index in [-0.39, 0.29) is 29.0 Å². The fraction of sp³-hybridized carbons (Fsp3) is 0.188. The van der Waals surface area contributed by atoms with E-state index in [0.717, 1.165) is 29.7 Å². The number of rotatable bonds is 6. The Bertz CT molecular complexity index is 2210. The van der Waals surface area contributed by atoms with Crippen LogP contribution in [-0.2, 0) is 6.54 Å². The molecule has 14 heteroatoms. The molecule has 46 heavy (non-hydrogen) atoms. The highest BCUT2D eigenvalue weighted by molar-refractivity contribution is 5.92. The number of aliphatic hydroxyl groups is 1. The molecule has 4 heterocycles. The first kappa shape index (κ1) is 28.9. The second-order valence-electron chi connectivity index (χ2n) is 11.1. The number of nitrogen functional groups attached to an aromatic ring is 1. The van der Waals surface area contributed by atoms with Crippen LogP contribution in [-0.4, -0.2) is 64.8 Å². The minimum atomic E-state index is -0.922. The van der Waals surface area contributed by atoms with Crippen LogP contribution in [0.5, 0.6) is 0 Å². The summed E-state index contributed by atoms with van der Waals surface area (Å²) in [7, 11) is 0. The topological polar surface area (TPSA) is 190 Å². The van der Waals surface area contributed by atoms with Crippen LogP contribution in [0.15, 0.2) is 86.8 Å². The molecule has 6 aromatic rings. The molecule has 1 aliphatic rings. The number of amides is 1. The van der Waals surface area contributed by atoms with Gasteiger partial charge in [0.15, 0.2) is 5.52 Å². The van der Waals surface area contributed by atoms with Gasteiger partial charge in [-0.3, -0.25) is 9.69 Å². The van der Waals surface area contributed by atoms with Crippen molar-refractivity contribution in [2.24, 2.45) is 0 Å². The third-order valence-electron chi connectivity index (χ3n) is 7.99. The number of likely N-dealkylation sites (tertiary alicyclic amines) is 1. The second kappa shape index (κ2) is 11.6. The molecular weight excluding hydrogens is 590 g/mol. The van der Waals surface area contributed by atoms with E-state index in [1.165, 1.54) is 4.68 Å². The Morgan fingerprint density at radius 3 is 2.61 bits per heavy atom. The Labute approximate surface area is 260 Å². The minimum absolute atomic E-state index is 0.00641. The summed E-state index contributed by atoms with van der Waals surface area (Å²) in [5.41, 5.74) is 8.92. The van der Waals surface area contributed by atoms with Crippen LogP contribution in [0, 0.1) is 6.92 Å². The highest BCUT2D eigenvalue weighted by Gasteiger charge is 2.23. The molecule has 5 N–H and O–H groups in total. The summed E-state index contributed by atoms with van der Waals surface area (Å²) in [6.07, 6.45) is 0.469. The van der Waals surface area contributed by atoms with Gasteiger partial charge in [-0.05, 0) is 60.4 Å². The molecule has 1 atom stereocenters. The number of nitrogens with two attached hydrogens (primary N) is 1. The van der Waals surface area contributed by atoms with Crippen molar-refractivity contribution in [3.8, 4) is 28.3 Å². The molecule has 1 amide bonds. The van der Waals surface area contributed by atoms with E-state index < -0.39 is 17.3 Å². The molecule has 7 rings (SSSR count). The van der Waals surface area contributed by atoms with E-state index in [0.29, 0.717) is 40.3 Å². The number of hydrogen-bond acceptors (Lipinski definition) is 10. The van der Waals surface area contributed by atoms with Crippen LogP contribution in [0.2, 0.25) is 0 Å². The standard InChI is InChI=1S/C32H29N9O5/c1-18-26-27(41(38-18)23-7-4-6-20(15-23)28-36-37-30(33)46-28)29(43)40(32(45)35-26)31(44)34-22-11-9-19(10-12-22)25-8-3-2-5-21(25)16-39-14-13-24(42)17-39/h2-12,15,24,42H,13-14,16-17H2,1H3,(H2,33,37)(H,34,44)(H,35,45). The zero-order valence-electron chi connectivity index (χ0n) is 24.7. The normalized spacial score (nSPS) is 15.0. The maximum absolute atomic E-state index is 13.7. The number of nitrogens with zero attached hydrogens (tertiary/aromatic N) is 6. The summed E-state index contributed by atoms with van der Waals surface area (Å²) in [5.74, 6) is 0.179. The highest BCUT2D eigenvalue weighted by atomic mass is 16.4.